The Labute approximate surface area is 214 Å². The molecule has 0 fully saturated rings. The van der Waals surface area contributed by atoms with Gasteiger partial charge in [0.25, 0.3) is 5.56 Å². The third-order valence-electron chi connectivity index (χ3n) is 6.05. The van der Waals surface area contributed by atoms with Crippen LogP contribution in [0.4, 0.5) is 5.69 Å². The Hall–Kier alpha value is -3.07. The number of carbonyl (C=O) groups is 1. The zero-order valence-electron chi connectivity index (χ0n) is 18.8. The maximum Gasteiger partial charge on any atom is 0.337 e. The van der Waals surface area contributed by atoms with Gasteiger partial charge in [0.15, 0.2) is 0 Å². The lowest BCUT2D eigenvalue weighted by Crippen LogP contribution is -2.40. The Morgan fingerprint density at radius 3 is 2.66 bits per heavy atom. The van der Waals surface area contributed by atoms with Gasteiger partial charge in [-0.05, 0) is 61.6 Å². The third kappa shape index (κ3) is 4.37. The van der Waals surface area contributed by atoms with Gasteiger partial charge >= 0.3 is 5.69 Å². The second kappa shape index (κ2) is 9.53. The molecule has 1 amide bonds. The highest BCUT2D eigenvalue weighted by molar-refractivity contribution is 7.18. The maximum atomic E-state index is 13.7. The molecule has 0 saturated carbocycles. The molecule has 5 rings (SSSR count). The Kier molecular flexibility index (Phi) is 6.44. The lowest BCUT2D eigenvalue weighted by atomic mass is 9.97. The second-order valence-corrected chi connectivity index (χ2v) is 10.2. The van der Waals surface area contributed by atoms with Gasteiger partial charge in [0.2, 0.25) is 5.91 Å². The Bertz CT molecular complexity index is 1590. The number of amides is 1. The standard InChI is InChI=1S/C25H21Cl2N3O4S/c1-34-16-6-4-5-14(11-16)28-21(31)13-29-24-22(17-7-2-3-8-20(17)35-24)23(32)30(25(29)33)15-9-10-18(26)19(27)12-15/h4-6,9-12H,2-3,7-8,13H2,1H3,(H,28,31). The number of anilines is 1. The molecule has 0 spiro atoms. The van der Waals surface area contributed by atoms with Crippen LogP contribution in [0.2, 0.25) is 10.0 Å². The molecule has 0 bridgehead atoms. The predicted molar refractivity (Wildman–Crippen MR) is 140 cm³/mol. The van der Waals surface area contributed by atoms with Gasteiger partial charge in [-0.25, -0.2) is 9.36 Å². The van der Waals surface area contributed by atoms with Crippen molar-refractivity contribution in [3.63, 3.8) is 0 Å². The summed E-state index contributed by atoms with van der Waals surface area (Å²) in [5.74, 6) is 0.203. The average Bonchev–Trinajstić information content (AvgIpc) is 3.24. The van der Waals surface area contributed by atoms with Crippen molar-refractivity contribution in [1.29, 1.82) is 0 Å². The second-order valence-electron chi connectivity index (χ2n) is 8.28. The molecule has 0 unspecified atom stereocenters. The highest BCUT2D eigenvalue weighted by Gasteiger charge is 2.25. The Morgan fingerprint density at radius 2 is 1.89 bits per heavy atom. The fourth-order valence-corrected chi connectivity index (χ4v) is 6.07. The number of benzene rings is 2. The molecule has 0 atom stereocenters. The van der Waals surface area contributed by atoms with E-state index in [2.05, 4.69) is 5.32 Å². The largest absolute Gasteiger partial charge is 0.497 e. The average molecular weight is 530 g/mol. The van der Waals surface area contributed by atoms with Crippen molar-refractivity contribution in [2.45, 2.75) is 32.2 Å². The molecule has 0 saturated heterocycles. The minimum atomic E-state index is -0.611. The Morgan fingerprint density at radius 1 is 1.09 bits per heavy atom. The van der Waals surface area contributed by atoms with Crippen LogP contribution in [0, 0.1) is 0 Å². The van der Waals surface area contributed by atoms with E-state index in [1.54, 1.807) is 37.4 Å². The smallest absolute Gasteiger partial charge is 0.337 e. The van der Waals surface area contributed by atoms with Crippen LogP contribution in [0.25, 0.3) is 15.9 Å². The number of carbonyl (C=O) groups excluding carboxylic acids is 1. The van der Waals surface area contributed by atoms with Gasteiger partial charge < -0.3 is 10.1 Å². The molecule has 4 aromatic rings. The van der Waals surface area contributed by atoms with Crippen molar-refractivity contribution >= 4 is 56.3 Å². The van der Waals surface area contributed by atoms with E-state index >= 15 is 0 Å². The number of hydrogen-bond donors (Lipinski definition) is 1. The molecule has 10 heteroatoms. The van der Waals surface area contributed by atoms with Crippen LogP contribution >= 0.6 is 34.5 Å². The van der Waals surface area contributed by atoms with Gasteiger partial charge in [0.05, 0.1) is 28.2 Å². The highest BCUT2D eigenvalue weighted by atomic mass is 35.5. The molecule has 1 aliphatic carbocycles. The van der Waals surface area contributed by atoms with Gasteiger partial charge in [0, 0.05) is 16.6 Å². The zero-order valence-corrected chi connectivity index (χ0v) is 21.1. The lowest BCUT2D eigenvalue weighted by molar-refractivity contribution is -0.116. The van der Waals surface area contributed by atoms with Crippen LogP contribution in [0.5, 0.6) is 5.75 Å². The fraction of sp³-hybridized carbons (Fsp3) is 0.240. The quantitative estimate of drug-likeness (QED) is 0.392. The normalized spacial score (nSPS) is 13.0. The van der Waals surface area contributed by atoms with Crippen molar-refractivity contribution in [3.05, 3.63) is 83.8 Å². The van der Waals surface area contributed by atoms with Crippen molar-refractivity contribution in [2.24, 2.45) is 0 Å². The first-order valence-electron chi connectivity index (χ1n) is 11.1. The number of hydrogen-bond acceptors (Lipinski definition) is 5. The van der Waals surface area contributed by atoms with Crippen LogP contribution < -0.4 is 21.3 Å². The van der Waals surface area contributed by atoms with Crippen LogP contribution in [0.1, 0.15) is 23.3 Å². The van der Waals surface area contributed by atoms with Gasteiger partial charge in [-0.1, -0.05) is 29.3 Å². The molecule has 7 nitrogen and oxygen atoms in total. The highest BCUT2D eigenvalue weighted by Crippen LogP contribution is 2.34. The molecule has 1 aliphatic rings. The van der Waals surface area contributed by atoms with Gasteiger partial charge in [-0.15, -0.1) is 11.3 Å². The Balaban J connectivity index is 1.66. The lowest BCUT2D eigenvalue weighted by Gasteiger charge is -2.14. The van der Waals surface area contributed by atoms with Crippen molar-refractivity contribution in [2.75, 3.05) is 12.4 Å². The maximum absolute atomic E-state index is 13.7. The molecule has 2 aromatic carbocycles. The summed E-state index contributed by atoms with van der Waals surface area (Å²) >= 11 is 13.7. The number of fused-ring (bicyclic) bond motifs is 3. The summed E-state index contributed by atoms with van der Waals surface area (Å²) in [7, 11) is 1.54. The SMILES string of the molecule is COc1cccc(NC(=O)Cn2c(=O)n(-c3ccc(Cl)c(Cl)c3)c(=O)c3c4c(sc32)CCCC4)c1. The van der Waals surface area contributed by atoms with Crippen LogP contribution in [-0.4, -0.2) is 22.2 Å². The van der Waals surface area contributed by atoms with E-state index in [4.69, 9.17) is 27.9 Å². The predicted octanol–water partition coefficient (Wildman–Crippen LogP) is 5.05. The number of aryl methyl sites for hydroxylation is 2. The number of thiophene rings is 1. The topological polar surface area (TPSA) is 82.3 Å². The first-order chi connectivity index (χ1) is 16.9. The number of methoxy groups -OCH3 is 1. The molecule has 35 heavy (non-hydrogen) atoms. The van der Waals surface area contributed by atoms with E-state index in [1.165, 1.54) is 28.0 Å². The third-order valence-corrected chi connectivity index (χ3v) is 8.11. The first kappa shape index (κ1) is 23.7. The minimum Gasteiger partial charge on any atom is -0.497 e. The van der Waals surface area contributed by atoms with Crippen molar-refractivity contribution in [1.82, 2.24) is 9.13 Å². The molecule has 0 aliphatic heterocycles. The minimum absolute atomic E-state index is 0.227. The van der Waals surface area contributed by atoms with Gasteiger partial charge in [0.1, 0.15) is 17.1 Å². The number of rotatable bonds is 5. The van der Waals surface area contributed by atoms with Crippen LogP contribution in [0.3, 0.4) is 0 Å². The van der Waals surface area contributed by atoms with Crippen molar-refractivity contribution in [3.8, 4) is 11.4 Å². The molecular formula is C25H21Cl2N3O4S. The molecular weight excluding hydrogens is 509 g/mol. The summed E-state index contributed by atoms with van der Waals surface area (Å²) in [5.41, 5.74) is 0.792. The van der Waals surface area contributed by atoms with Crippen LogP contribution in [0.15, 0.2) is 52.1 Å². The molecule has 180 valence electrons. The van der Waals surface area contributed by atoms with E-state index in [0.717, 1.165) is 40.7 Å². The van der Waals surface area contributed by atoms with E-state index in [9.17, 15) is 14.4 Å². The number of halogens is 2. The number of nitrogens with zero attached hydrogens (tertiary/aromatic N) is 2. The summed E-state index contributed by atoms with van der Waals surface area (Å²) in [4.78, 5) is 41.9. The summed E-state index contributed by atoms with van der Waals surface area (Å²) < 4.78 is 7.66. The van der Waals surface area contributed by atoms with Crippen LogP contribution in [-0.2, 0) is 24.2 Å². The fourth-order valence-electron chi connectivity index (χ4n) is 4.40. The van der Waals surface area contributed by atoms with E-state index in [1.807, 2.05) is 0 Å². The summed E-state index contributed by atoms with van der Waals surface area (Å²) in [6.45, 7) is -0.256. The molecule has 2 heterocycles. The summed E-state index contributed by atoms with van der Waals surface area (Å²) in [6, 6.07) is 11.6. The molecule has 0 radical (unpaired) electrons. The monoisotopic (exact) mass is 529 g/mol. The summed E-state index contributed by atoms with van der Waals surface area (Å²) in [6.07, 6.45) is 3.62. The number of aromatic nitrogens is 2. The zero-order chi connectivity index (χ0) is 24.7. The van der Waals surface area contributed by atoms with Gasteiger partial charge in [-0.2, -0.15) is 0 Å². The van der Waals surface area contributed by atoms with Gasteiger partial charge in [-0.3, -0.25) is 14.2 Å². The molecule has 2 aromatic heterocycles. The first-order valence-corrected chi connectivity index (χ1v) is 12.6. The van der Waals surface area contributed by atoms with Crippen molar-refractivity contribution < 1.29 is 9.53 Å². The molecule has 1 N–H and O–H groups in total. The summed E-state index contributed by atoms with van der Waals surface area (Å²) in [5, 5.41) is 3.84. The van der Waals surface area contributed by atoms with E-state index in [0.29, 0.717) is 32.4 Å². The van der Waals surface area contributed by atoms with E-state index in [-0.39, 0.29) is 11.6 Å². The van der Waals surface area contributed by atoms with E-state index < -0.39 is 17.2 Å². The number of ether oxygens (including phenoxy) is 1. The number of nitrogens with one attached hydrogen (secondary N) is 1.